The number of ether oxygens (including phenoxy) is 1. The second kappa shape index (κ2) is 7.46. The summed E-state index contributed by atoms with van der Waals surface area (Å²) in [5.41, 5.74) is 0.216. The number of nitrogens with zero attached hydrogens (tertiary/aromatic N) is 3. The normalized spacial score (nSPS) is 16.7. The van der Waals surface area contributed by atoms with Gasteiger partial charge in [0.05, 0.1) is 30.8 Å². The van der Waals surface area contributed by atoms with Crippen molar-refractivity contribution in [1.29, 1.82) is 0 Å². The highest BCUT2D eigenvalue weighted by molar-refractivity contribution is 5.97. The average Bonchev–Trinajstić information content (AvgIpc) is 3.03. The summed E-state index contributed by atoms with van der Waals surface area (Å²) in [7, 11) is 1.36. The standard InChI is InChI=1S/C18H22N4O3/c1-25-17(24)18(8-4-2-3-5-9-18)21-16(23)14-11-20-22(13-14)15-7-6-10-19-12-15/h6-7,10-13H,2-5,8-9H2,1H3,(H,21,23). The summed E-state index contributed by atoms with van der Waals surface area (Å²) < 4.78 is 6.56. The van der Waals surface area contributed by atoms with E-state index < -0.39 is 5.54 Å². The molecule has 0 aromatic carbocycles. The molecular formula is C18H22N4O3. The second-order valence-corrected chi connectivity index (χ2v) is 6.33. The van der Waals surface area contributed by atoms with Gasteiger partial charge in [-0.2, -0.15) is 5.10 Å². The maximum absolute atomic E-state index is 12.7. The lowest BCUT2D eigenvalue weighted by Gasteiger charge is -2.30. The molecular weight excluding hydrogens is 320 g/mol. The van der Waals surface area contributed by atoms with Gasteiger partial charge in [-0.1, -0.05) is 25.7 Å². The largest absolute Gasteiger partial charge is 0.467 e. The quantitative estimate of drug-likeness (QED) is 0.680. The molecule has 0 saturated heterocycles. The fraction of sp³-hybridized carbons (Fsp3) is 0.444. The Hall–Kier alpha value is -2.70. The van der Waals surface area contributed by atoms with E-state index in [2.05, 4.69) is 15.4 Å². The molecule has 0 aliphatic heterocycles. The van der Waals surface area contributed by atoms with Crippen LogP contribution in [0.4, 0.5) is 0 Å². The molecule has 1 fully saturated rings. The lowest BCUT2D eigenvalue weighted by Crippen LogP contribution is -2.54. The van der Waals surface area contributed by atoms with Crippen LogP contribution < -0.4 is 5.32 Å². The number of esters is 1. The Morgan fingerprint density at radius 1 is 1.20 bits per heavy atom. The van der Waals surface area contributed by atoms with Crippen LogP contribution in [0, 0.1) is 0 Å². The van der Waals surface area contributed by atoms with E-state index in [-0.39, 0.29) is 11.9 Å². The van der Waals surface area contributed by atoms with Gasteiger partial charge in [-0.15, -0.1) is 0 Å². The molecule has 2 heterocycles. The molecule has 0 spiro atoms. The number of amides is 1. The summed E-state index contributed by atoms with van der Waals surface area (Å²) in [4.78, 5) is 29.1. The number of hydrogen-bond acceptors (Lipinski definition) is 5. The molecule has 132 valence electrons. The minimum absolute atomic E-state index is 0.317. The summed E-state index contributed by atoms with van der Waals surface area (Å²) in [5.74, 6) is -0.690. The van der Waals surface area contributed by atoms with Crippen molar-refractivity contribution in [3.05, 3.63) is 42.5 Å². The van der Waals surface area contributed by atoms with Crippen molar-refractivity contribution in [2.45, 2.75) is 44.1 Å². The van der Waals surface area contributed by atoms with Crippen LogP contribution >= 0.6 is 0 Å². The highest BCUT2D eigenvalue weighted by atomic mass is 16.5. The van der Waals surface area contributed by atoms with Crippen molar-refractivity contribution in [1.82, 2.24) is 20.1 Å². The van der Waals surface area contributed by atoms with Crippen molar-refractivity contribution in [2.24, 2.45) is 0 Å². The molecule has 0 atom stereocenters. The fourth-order valence-electron chi connectivity index (χ4n) is 3.27. The zero-order valence-corrected chi connectivity index (χ0v) is 14.3. The lowest BCUT2D eigenvalue weighted by atomic mass is 9.90. The van der Waals surface area contributed by atoms with E-state index in [1.54, 1.807) is 29.3 Å². The van der Waals surface area contributed by atoms with Gasteiger partial charge < -0.3 is 10.1 Å². The first kappa shape index (κ1) is 17.1. The Kier molecular flexibility index (Phi) is 5.11. The molecule has 1 aliphatic carbocycles. The Bertz CT molecular complexity index is 734. The third kappa shape index (κ3) is 3.70. The summed E-state index contributed by atoms with van der Waals surface area (Å²) in [6.45, 7) is 0. The van der Waals surface area contributed by atoms with Gasteiger partial charge in [-0.25, -0.2) is 9.48 Å². The third-order valence-corrected chi connectivity index (χ3v) is 4.64. The second-order valence-electron chi connectivity index (χ2n) is 6.33. The van der Waals surface area contributed by atoms with E-state index in [9.17, 15) is 9.59 Å². The number of carbonyl (C=O) groups is 2. The van der Waals surface area contributed by atoms with Crippen molar-refractivity contribution >= 4 is 11.9 Å². The maximum atomic E-state index is 12.7. The first-order valence-electron chi connectivity index (χ1n) is 8.51. The van der Waals surface area contributed by atoms with Crippen molar-refractivity contribution < 1.29 is 14.3 Å². The van der Waals surface area contributed by atoms with Crippen LogP contribution in [0.1, 0.15) is 48.9 Å². The van der Waals surface area contributed by atoms with Gasteiger partial charge >= 0.3 is 5.97 Å². The Morgan fingerprint density at radius 2 is 1.96 bits per heavy atom. The minimum atomic E-state index is -0.946. The van der Waals surface area contributed by atoms with Crippen LogP contribution in [0.2, 0.25) is 0 Å². The molecule has 25 heavy (non-hydrogen) atoms. The highest BCUT2D eigenvalue weighted by Crippen LogP contribution is 2.28. The van der Waals surface area contributed by atoms with Crippen molar-refractivity contribution in [2.75, 3.05) is 7.11 Å². The lowest BCUT2D eigenvalue weighted by molar-refractivity contribution is -0.148. The van der Waals surface area contributed by atoms with Crippen molar-refractivity contribution in [3.8, 4) is 5.69 Å². The minimum Gasteiger partial charge on any atom is -0.467 e. The SMILES string of the molecule is COC(=O)C1(NC(=O)c2cnn(-c3cccnc3)c2)CCCCCC1. The summed E-state index contributed by atoms with van der Waals surface area (Å²) >= 11 is 0. The number of carbonyl (C=O) groups excluding carboxylic acids is 2. The summed E-state index contributed by atoms with van der Waals surface area (Å²) in [5, 5.41) is 7.13. The average molecular weight is 342 g/mol. The molecule has 0 bridgehead atoms. The fourth-order valence-corrected chi connectivity index (χ4v) is 3.27. The Morgan fingerprint density at radius 3 is 2.60 bits per heavy atom. The Labute approximate surface area is 146 Å². The van der Waals surface area contributed by atoms with E-state index >= 15 is 0 Å². The van der Waals surface area contributed by atoms with E-state index in [1.807, 2.05) is 6.07 Å². The first-order valence-corrected chi connectivity index (χ1v) is 8.51. The first-order chi connectivity index (χ1) is 12.1. The molecule has 0 radical (unpaired) electrons. The molecule has 1 amide bonds. The molecule has 2 aromatic rings. The van der Waals surface area contributed by atoms with Gasteiger partial charge in [0.15, 0.2) is 0 Å². The van der Waals surface area contributed by atoms with Crippen LogP contribution in [0.5, 0.6) is 0 Å². The molecule has 2 aromatic heterocycles. The molecule has 1 aliphatic rings. The van der Waals surface area contributed by atoms with Gasteiger partial charge in [0.25, 0.3) is 5.91 Å². The van der Waals surface area contributed by atoms with Gasteiger partial charge in [0.1, 0.15) is 5.54 Å². The third-order valence-electron chi connectivity index (χ3n) is 4.64. The molecule has 3 rings (SSSR count). The predicted octanol–water partition coefficient (Wildman–Crippen LogP) is 2.26. The van der Waals surface area contributed by atoms with E-state index in [0.29, 0.717) is 18.4 Å². The van der Waals surface area contributed by atoms with Gasteiger partial charge in [0, 0.05) is 12.4 Å². The zero-order chi connectivity index (χ0) is 17.7. The molecule has 0 unspecified atom stereocenters. The van der Waals surface area contributed by atoms with Crippen LogP contribution in [-0.4, -0.2) is 39.3 Å². The molecule has 1 N–H and O–H groups in total. The maximum Gasteiger partial charge on any atom is 0.331 e. The molecule has 7 nitrogen and oxygen atoms in total. The van der Waals surface area contributed by atoms with Gasteiger partial charge in [-0.05, 0) is 25.0 Å². The number of aromatic nitrogens is 3. The highest BCUT2D eigenvalue weighted by Gasteiger charge is 2.41. The van der Waals surface area contributed by atoms with Crippen LogP contribution in [-0.2, 0) is 9.53 Å². The molecule has 1 saturated carbocycles. The van der Waals surface area contributed by atoms with Crippen LogP contribution in [0.25, 0.3) is 5.69 Å². The van der Waals surface area contributed by atoms with Crippen LogP contribution in [0.15, 0.2) is 36.9 Å². The van der Waals surface area contributed by atoms with E-state index in [0.717, 1.165) is 31.4 Å². The van der Waals surface area contributed by atoms with E-state index in [1.165, 1.54) is 13.3 Å². The predicted molar refractivity (Wildman–Crippen MR) is 91.3 cm³/mol. The number of nitrogens with one attached hydrogen (secondary N) is 1. The van der Waals surface area contributed by atoms with Crippen molar-refractivity contribution in [3.63, 3.8) is 0 Å². The monoisotopic (exact) mass is 342 g/mol. The number of pyridine rings is 1. The summed E-state index contributed by atoms with van der Waals surface area (Å²) in [6.07, 6.45) is 11.6. The number of methoxy groups -OCH3 is 1. The van der Waals surface area contributed by atoms with Crippen LogP contribution in [0.3, 0.4) is 0 Å². The smallest absolute Gasteiger partial charge is 0.331 e. The number of rotatable bonds is 4. The van der Waals surface area contributed by atoms with Gasteiger partial charge in [0.2, 0.25) is 0 Å². The Balaban J connectivity index is 1.80. The van der Waals surface area contributed by atoms with E-state index in [4.69, 9.17) is 4.74 Å². The van der Waals surface area contributed by atoms with Gasteiger partial charge in [-0.3, -0.25) is 9.78 Å². The molecule has 7 heteroatoms. The zero-order valence-electron chi connectivity index (χ0n) is 14.3. The summed E-state index contributed by atoms with van der Waals surface area (Å²) in [6, 6.07) is 3.65. The topological polar surface area (TPSA) is 86.1 Å². The number of hydrogen-bond donors (Lipinski definition) is 1.